The molecule has 0 spiro atoms. The van der Waals surface area contributed by atoms with Crippen LogP contribution in [0.15, 0.2) is 146 Å². The summed E-state index contributed by atoms with van der Waals surface area (Å²) in [5, 5.41) is 0. The van der Waals surface area contributed by atoms with Crippen LogP contribution >= 0.6 is 0 Å². The van der Waals surface area contributed by atoms with Crippen LogP contribution in [0.4, 0.5) is 11.4 Å². The van der Waals surface area contributed by atoms with Gasteiger partial charge in [0.15, 0.2) is 37.9 Å². The molecule has 0 saturated carbocycles. The number of aromatic nitrogens is 2. The maximum absolute atomic E-state index is 2.48. The van der Waals surface area contributed by atoms with Gasteiger partial charge in [-0.05, 0) is 46.2 Å². The Hall–Kier alpha value is -4.26. The molecule has 0 bridgehead atoms. The summed E-state index contributed by atoms with van der Waals surface area (Å²) in [7, 11) is 0. The Kier molecular flexibility index (Phi) is 10.7. The van der Waals surface area contributed by atoms with E-state index >= 15 is 0 Å². The van der Waals surface area contributed by atoms with Crippen molar-refractivity contribution in [2.45, 2.75) is 39.0 Å². The Morgan fingerprint density at radius 3 is 1.15 bits per heavy atom. The maximum Gasteiger partial charge on any atom is 0.173 e. The maximum atomic E-state index is 2.48. The molecule has 2 aromatic heterocycles. The van der Waals surface area contributed by atoms with E-state index in [1.54, 1.807) is 0 Å². The Balaban J connectivity index is 0.00000201. The van der Waals surface area contributed by atoms with Crippen LogP contribution in [-0.2, 0) is 39.0 Å². The lowest BCUT2D eigenvalue weighted by molar-refractivity contribution is -0.688. The first-order chi connectivity index (χ1) is 22.7. The van der Waals surface area contributed by atoms with Crippen molar-refractivity contribution in [3.05, 3.63) is 179 Å². The third-order valence-electron chi connectivity index (χ3n) is 9.71. The van der Waals surface area contributed by atoms with Gasteiger partial charge in [-0.15, -0.1) is 0 Å². The lowest BCUT2D eigenvalue weighted by Crippen LogP contribution is -3.00. The summed E-state index contributed by atoms with van der Waals surface area (Å²) < 4.78 is 4.53. The molecule has 0 unspecified atom stereocenters. The number of nitrogens with zero attached hydrogens (tertiary/aromatic N) is 4. The Labute approximate surface area is 305 Å². The first-order valence-electron chi connectivity index (χ1n) is 16.5. The van der Waals surface area contributed by atoms with Gasteiger partial charge >= 0.3 is 0 Å². The normalized spacial score (nSPS) is 13.5. The van der Waals surface area contributed by atoms with Crippen LogP contribution in [0.2, 0.25) is 0 Å². The molecule has 6 aromatic rings. The number of hydrogen-bond donors (Lipinski definition) is 0. The fourth-order valence-electron chi connectivity index (χ4n) is 6.99. The summed E-state index contributed by atoms with van der Waals surface area (Å²) in [6.45, 7) is 5.86. The minimum absolute atomic E-state index is 0. The molecule has 0 aliphatic carbocycles. The number of hydrogen-bond acceptors (Lipinski definition) is 2. The topological polar surface area (TPSA) is 14.2 Å². The molecule has 48 heavy (non-hydrogen) atoms. The van der Waals surface area contributed by atoms with Gasteiger partial charge < -0.3 is 43.8 Å². The van der Waals surface area contributed by atoms with Crippen LogP contribution in [0.5, 0.6) is 0 Å². The Bertz CT molecular complexity index is 1790. The molecular formula is C42H40Br2N4. The molecule has 0 fully saturated rings. The molecule has 0 saturated heterocycles. The molecule has 8 rings (SSSR count). The predicted octanol–water partition coefficient (Wildman–Crippen LogP) is 1.16. The van der Waals surface area contributed by atoms with Crippen LogP contribution in [-0.4, -0.2) is 13.1 Å². The van der Waals surface area contributed by atoms with Crippen molar-refractivity contribution < 1.29 is 43.1 Å². The van der Waals surface area contributed by atoms with E-state index in [0.29, 0.717) is 0 Å². The van der Waals surface area contributed by atoms with Crippen LogP contribution in [0.3, 0.4) is 0 Å². The second-order valence-electron chi connectivity index (χ2n) is 12.7. The van der Waals surface area contributed by atoms with Crippen LogP contribution in [0.25, 0.3) is 11.1 Å². The number of halogens is 2. The zero-order valence-corrected chi connectivity index (χ0v) is 30.2. The molecule has 4 heterocycles. The van der Waals surface area contributed by atoms with Gasteiger partial charge in [0.1, 0.15) is 0 Å². The minimum Gasteiger partial charge on any atom is -1.00 e. The van der Waals surface area contributed by atoms with Crippen LogP contribution < -0.4 is 52.9 Å². The third-order valence-corrected chi connectivity index (χ3v) is 9.71. The number of anilines is 2. The van der Waals surface area contributed by atoms with Gasteiger partial charge in [-0.2, -0.15) is 0 Å². The number of fused-ring (bicyclic) bond motifs is 2. The monoisotopic (exact) mass is 758 g/mol. The zero-order valence-electron chi connectivity index (χ0n) is 27.1. The van der Waals surface area contributed by atoms with Crippen molar-refractivity contribution in [2.75, 3.05) is 22.9 Å². The number of rotatable bonds is 7. The summed E-state index contributed by atoms with van der Waals surface area (Å²) in [4.78, 5) is 4.97. The Morgan fingerprint density at radius 2 is 0.771 bits per heavy atom. The highest BCUT2D eigenvalue weighted by molar-refractivity contribution is 5.64. The van der Waals surface area contributed by atoms with Crippen molar-refractivity contribution in [1.29, 1.82) is 0 Å². The first-order valence-corrected chi connectivity index (χ1v) is 16.5. The Morgan fingerprint density at radius 1 is 0.417 bits per heavy atom. The number of benzene rings is 4. The standard InChI is InChI=1S/C42H40N4.2BrH/c1-3-7-39-31-45(27-17-35(39)5-1)41-19-23-43(24-20-41)29-33-9-13-37(14-10-33)38-15-11-34(12-16-38)30-44-25-21-42(22-26-44)46-28-18-36-6-2-4-8-40(36)32-46;;/h1-16,19-26H,17-18,27-32H2;2*1H/q+2;;/p-2. The first kappa shape index (κ1) is 33.6. The van der Waals surface area contributed by atoms with Crippen molar-refractivity contribution in [1.82, 2.24) is 0 Å². The van der Waals surface area contributed by atoms with Gasteiger partial charge in [0, 0.05) is 72.9 Å². The molecule has 0 amide bonds. The summed E-state index contributed by atoms with van der Waals surface area (Å²) in [6.07, 6.45) is 11.1. The SMILES string of the molecule is [Br-].[Br-].c1ccc2c(c1)CCN(c1cc[n+](Cc3ccc(-c4ccc(C[n+]5ccc(N6CCc7ccccc7C6)cc5)cc4)cc3)cc1)C2. The minimum atomic E-state index is 0. The molecule has 2 aliphatic heterocycles. The van der Waals surface area contributed by atoms with E-state index in [1.807, 2.05) is 0 Å². The molecule has 0 atom stereocenters. The largest absolute Gasteiger partial charge is 1.00 e. The summed E-state index contributed by atoms with van der Waals surface area (Å²) >= 11 is 0. The van der Waals surface area contributed by atoms with E-state index < -0.39 is 0 Å². The lowest BCUT2D eigenvalue weighted by atomic mass is 9.99. The molecule has 6 heteroatoms. The van der Waals surface area contributed by atoms with E-state index in [-0.39, 0.29) is 34.0 Å². The number of pyridine rings is 2. The van der Waals surface area contributed by atoms with Gasteiger partial charge in [0.05, 0.1) is 0 Å². The molecule has 4 nitrogen and oxygen atoms in total. The molecule has 2 aliphatic rings. The third kappa shape index (κ3) is 7.56. The fraction of sp³-hybridized carbons (Fsp3) is 0.190. The highest BCUT2D eigenvalue weighted by atomic mass is 79.9. The van der Waals surface area contributed by atoms with Crippen LogP contribution in [0, 0.1) is 0 Å². The van der Waals surface area contributed by atoms with Gasteiger partial charge in [-0.1, -0.05) is 97.1 Å². The van der Waals surface area contributed by atoms with E-state index in [9.17, 15) is 0 Å². The second-order valence-corrected chi connectivity index (χ2v) is 12.7. The second kappa shape index (κ2) is 15.3. The lowest BCUT2D eigenvalue weighted by Gasteiger charge is -2.30. The van der Waals surface area contributed by atoms with Gasteiger partial charge in [0.25, 0.3) is 0 Å². The average Bonchev–Trinajstić information content (AvgIpc) is 3.12. The molecular weight excluding hydrogens is 720 g/mol. The highest BCUT2D eigenvalue weighted by Crippen LogP contribution is 2.25. The van der Waals surface area contributed by atoms with Crippen LogP contribution in [0.1, 0.15) is 33.4 Å². The van der Waals surface area contributed by atoms with Gasteiger partial charge in [-0.3, -0.25) is 0 Å². The van der Waals surface area contributed by atoms with E-state index in [0.717, 1.165) is 52.1 Å². The van der Waals surface area contributed by atoms with Crippen molar-refractivity contribution >= 4 is 11.4 Å². The molecule has 0 N–H and O–H groups in total. The summed E-state index contributed by atoms with van der Waals surface area (Å²) in [6, 6.07) is 44.7. The van der Waals surface area contributed by atoms with Crippen molar-refractivity contribution in [3.63, 3.8) is 0 Å². The van der Waals surface area contributed by atoms with Gasteiger partial charge in [0.2, 0.25) is 0 Å². The van der Waals surface area contributed by atoms with Gasteiger partial charge in [-0.25, -0.2) is 9.13 Å². The summed E-state index contributed by atoms with van der Waals surface area (Å²) in [5.74, 6) is 0. The smallest absolute Gasteiger partial charge is 0.173 e. The van der Waals surface area contributed by atoms with E-state index in [2.05, 4.69) is 165 Å². The molecule has 4 aromatic carbocycles. The van der Waals surface area contributed by atoms with Crippen molar-refractivity contribution in [2.24, 2.45) is 0 Å². The van der Waals surface area contributed by atoms with E-state index in [1.165, 1.54) is 55.9 Å². The van der Waals surface area contributed by atoms with E-state index in [4.69, 9.17) is 0 Å². The fourth-order valence-corrected chi connectivity index (χ4v) is 6.99. The molecule has 242 valence electrons. The highest BCUT2D eigenvalue weighted by Gasteiger charge is 2.18. The predicted molar refractivity (Wildman–Crippen MR) is 186 cm³/mol. The zero-order chi connectivity index (χ0) is 30.7. The van der Waals surface area contributed by atoms with Crippen molar-refractivity contribution in [3.8, 4) is 11.1 Å². The average molecular weight is 761 g/mol. The quantitative estimate of drug-likeness (QED) is 0.227. The summed E-state index contributed by atoms with van der Waals surface area (Å²) in [5.41, 5.74) is 13.6. The molecule has 0 radical (unpaired) electrons.